The lowest BCUT2D eigenvalue weighted by Gasteiger charge is -2.30. The van der Waals surface area contributed by atoms with E-state index in [2.05, 4.69) is 29.4 Å². The van der Waals surface area contributed by atoms with Gasteiger partial charge in [-0.15, -0.1) is 11.3 Å². The molecule has 0 aliphatic carbocycles. The Morgan fingerprint density at radius 2 is 2.03 bits per heavy atom. The zero-order chi connectivity index (χ0) is 21.0. The Hall–Kier alpha value is -1.99. The van der Waals surface area contributed by atoms with E-state index >= 15 is 0 Å². The lowest BCUT2D eigenvalue weighted by molar-refractivity contribution is 0.0930. The predicted molar refractivity (Wildman–Crippen MR) is 122 cm³/mol. The fourth-order valence-corrected chi connectivity index (χ4v) is 5.76. The summed E-state index contributed by atoms with van der Waals surface area (Å²) in [5, 5.41) is 8.33. The molecule has 5 rings (SSSR count). The normalized spacial score (nSPS) is 18.7. The molecular weight excluding hydrogens is 441 g/mol. The number of amides is 1. The van der Waals surface area contributed by atoms with E-state index in [1.807, 2.05) is 24.3 Å². The van der Waals surface area contributed by atoms with Crippen LogP contribution in [0.2, 0.25) is 10.0 Å². The number of nitrogens with one attached hydrogen (secondary N) is 2. The van der Waals surface area contributed by atoms with Gasteiger partial charge in [-0.1, -0.05) is 29.3 Å². The third kappa shape index (κ3) is 3.32. The first-order valence-electron chi connectivity index (χ1n) is 9.92. The van der Waals surface area contributed by atoms with Crippen molar-refractivity contribution in [3.63, 3.8) is 0 Å². The maximum Gasteiger partial charge on any atom is 0.256 e. The second-order valence-corrected chi connectivity index (χ2v) is 9.77. The van der Waals surface area contributed by atoms with Crippen molar-refractivity contribution in [1.29, 1.82) is 0 Å². The Balaban J connectivity index is 1.43. The number of carbonyl (C=O) groups excluding carboxylic acids is 1. The predicted octanol–water partition coefficient (Wildman–Crippen LogP) is 5.94. The molecule has 0 saturated carbocycles. The van der Waals surface area contributed by atoms with Crippen molar-refractivity contribution >= 4 is 45.4 Å². The van der Waals surface area contributed by atoms with E-state index in [1.54, 1.807) is 17.4 Å². The molecule has 2 N–H and O–H groups in total. The van der Waals surface area contributed by atoms with Crippen LogP contribution in [0.3, 0.4) is 0 Å². The van der Waals surface area contributed by atoms with Crippen molar-refractivity contribution in [2.75, 3.05) is 11.9 Å². The Morgan fingerprint density at radius 3 is 2.83 bits per heavy atom. The van der Waals surface area contributed by atoms with Crippen molar-refractivity contribution in [1.82, 2.24) is 10.2 Å². The molecule has 3 aromatic rings. The first kappa shape index (κ1) is 19.9. The second-order valence-electron chi connectivity index (χ2n) is 7.88. The highest BCUT2D eigenvalue weighted by Gasteiger charge is 2.34. The Morgan fingerprint density at radius 1 is 1.20 bits per heavy atom. The maximum absolute atomic E-state index is 13.0. The summed E-state index contributed by atoms with van der Waals surface area (Å²) in [6.07, 6.45) is 0.468. The molecule has 2 aliphatic heterocycles. The van der Waals surface area contributed by atoms with Crippen LogP contribution in [0.15, 0.2) is 34.7 Å². The zero-order valence-corrected chi connectivity index (χ0v) is 18.9. The van der Waals surface area contributed by atoms with Gasteiger partial charge in [-0.25, -0.2) is 0 Å². The summed E-state index contributed by atoms with van der Waals surface area (Å²) in [6.45, 7) is 6.29. The van der Waals surface area contributed by atoms with E-state index in [9.17, 15) is 4.79 Å². The summed E-state index contributed by atoms with van der Waals surface area (Å²) in [5.41, 5.74) is 2.69. The molecule has 8 heteroatoms. The molecule has 0 saturated heterocycles. The van der Waals surface area contributed by atoms with Crippen molar-refractivity contribution in [3.05, 3.63) is 62.1 Å². The number of thiophene rings is 1. The van der Waals surface area contributed by atoms with Crippen LogP contribution in [0.4, 0.5) is 5.00 Å². The van der Waals surface area contributed by atoms with Crippen LogP contribution in [0, 0.1) is 0 Å². The molecule has 0 radical (unpaired) electrons. The van der Waals surface area contributed by atoms with Gasteiger partial charge in [0.1, 0.15) is 16.5 Å². The third-order valence-electron chi connectivity index (χ3n) is 5.72. The van der Waals surface area contributed by atoms with E-state index in [1.165, 1.54) is 10.4 Å². The van der Waals surface area contributed by atoms with Crippen LogP contribution < -0.4 is 10.6 Å². The van der Waals surface area contributed by atoms with Crippen molar-refractivity contribution in [3.8, 4) is 11.3 Å². The average molecular weight is 462 g/mol. The Labute approximate surface area is 189 Å². The van der Waals surface area contributed by atoms with Gasteiger partial charge in [-0.3, -0.25) is 9.69 Å². The van der Waals surface area contributed by atoms with Crippen molar-refractivity contribution in [2.45, 2.75) is 39.0 Å². The van der Waals surface area contributed by atoms with Crippen LogP contribution >= 0.6 is 34.5 Å². The van der Waals surface area contributed by atoms with Gasteiger partial charge >= 0.3 is 0 Å². The first-order valence-corrected chi connectivity index (χ1v) is 11.5. The average Bonchev–Trinajstić information content (AvgIpc) is 3.34. The Kier molecular flexibility index (Phi) is 5.06. The number of fused-ring (bicyclic) bond motifs is 3. The molecular formula is C22H21Cl2N3O2S. The van der Waals surface area contributed by atoms with Crippen molar-refractivity contribution in [2.24, 2.45) is 0 Å². The highest BCUT2D eigenvalue weighted by Crippen LogP contribution is 2.42. The number of anilines is 1. The number of halogens is 2. The molecule has 5 nitrogen and oxygen atoms in total. The lowest BCUT2D eigenvalue weighted by atomic mass is 10.0. The SMILES string of the molecule is CC(C)N1CCc2c(sc3c2C(=O)N[C@@H](c2ccc(-c4cccc(Cl)c4Cl)o2)N3)C1. The largest absolute Gasteiger partial charge is 0.457 e. The summed E-state index contributed by atoms with van der Waals surface area (Å²) < 4.78 is 6.04. The van der Waals surface area contributed by atoms with E-state index in [-0.39, 0.29) is 5.91 Å². The standard InChI is InChI=1S/C22H21Cl2N3O2S/c1-11(2)27-9-8-13-17(10-27)30-22-18(13)21(28)25-20(26-22)16-7-6-15(29-16)12-4-3-5-14(23)19(12)24/h3-7,11,20,26H,8-10H2,1-2H3,(H,25,28)/t20-/m1/s1. The molecule has 156 valence electrons. The van der Waals surface area contributed by atoms with Crippen LogP contribution in [0.5, 0.6) is 0 Å². The molecule has 0 spiro atoms. The lowest BCUT2D eigenvalue weighted by Crippen LogP contribution is -2.39. The molecule has 1 aromatic carbocycles. The third-order valence-corrected chi connectivity index (χ3v) is 7.69. The fraction of sp³-hybridized carbons (Fsp3) is 0.318. The molecule has 0 bridgehead atoms. The van der Waals surface area contributed by atoms with Crippen LogP contribution in [-0.4, -0.2) is 23.4 Å². The van der Waals surface area contributed by atoms with Crippen LogP contribution in [-0.2, 0) is 13.0 Å². The highest BCUT2D eigenvalue weighted by molar-refractivity contribution is 7.16. The minimum Gasteiger partial charge on any atom is -0.457 e. The van der Waals surface area contributed by atoms with Gasteiger partial charge in [0.05, 0.1) is 15.6 Å². The molecule has 30 heavy (non-hydrogen) atoms. The highest BCUT2D eigenvalue weighted by atomic mass is 35.5. The van der Waals surface area contributed by atoms with E-state index in [0.29, 0.717) is 27.6 Å². The van der Waals surface area contributed by atoms with Gasteiger partial charge in [0, 0.05) is 29.6 Å². The number of carbonyl (C=O) groups is 1. The van der Waals surface area contributed by atoms with Gasteiger partial charge in [0.25, 0.3) is 5.91 Å². The summed E-state index contributed by atoms with van der Waals surface area (Å²) in [6, 6.07) is 9.61. The minimum absolute atomic E-state index is 0.0528. The molecule has 1 atom stereocenters. The quantitative estimate of drug-likeness (QED) is 0.506. The minimum atomic E-state index is -0.432. The first-order chi connectivity index (χ1) is 14.4. The van der Waals surface area contributed by atoms with Crippen LogP contribution in [0.1, 0.15) is 46.6 Å². The summed E-state index contributed by atoms with van der Waals surface area (Å²) >= 11 is 14.1. The van der Waals surface area contributed by atoms with Gasteiger partial charge < -0.3 is 15.1 Å². The molecule has 0 unspecified atom stereocenters. The fourth-order valence-electron chi connectivity index (χ4n) is 4.07. The second kappa shape index (κ2) is 7.61. The van der Waals surface area contributed by atoms with E-state index in [0.717, 1.165) is 35.6 Å². The summed E-state index contributed by atoms with van der Waals surface area (Å²) in [7, 11) is 0. The smallest absolute Gasteiger partial charge is 0.256 e. The molecule has 4 heterocycles. The number of furan rings is 1. The topological polar surface area (TPSA) is 57.5 Å². The molecule has 0 fully saturated rings. The zero-order valence-electron chi connectivity index (χ0n) is 16.6. The van der Waals surface area contributed by atoms with Gasteiger partial charge in [-0.05, 0) is 50.1 Å². The number of benzene rings is 1. The molecule has 1 amide bonds. The number of rotatable bonds is 3. The maximum atomic E-state index is 13.0. The van der Waals surface area contributed by atoms with E-state index in [4.69, 9.17) is 27.6 Å². The van der Waals surface area contributed by atoms with E-state index < -0.39 is 6.17 Å². The van der Waals surface area contributed by atoms with Crippen LogP contribution in [0.25, 0.3) is 11.3 Å². The van der Waals surface area contributed by atoms with Gasteiger partial charge in [0.15, 0.2) is 6.17 Å². The van der Waals surface area contributed by atoms with Gasteiger partial charge in [-0.2, -0.15) is 0 Å². The monoisotopic (exact) mass is 461 g/mol. The summed E-state index contributed by atoms with van der Waals surface area (Å²) in [5.74, 6) is 1.18. The van der Waals surface area contributed by atoms with Gasteiger partial charge in [0.2, 0.25) is 0 Å². The molecule has 2 aromatic heterocycles. The number of hydrogen-bond donors (Lipinski definition) is 2. The number of nitrogens with zero attached hydrogens (tertiary/aromatic N) is 1. The molecule has 2 aliphatic rings. The number of hydrogen-bond acceptors (Lipinski definition) is 5. The van der Waals surface area contributed by atoms with Crippen molar-refractivity contribution < 1.29 is 9.21 Å². The Bertz CT molecular complexity index is 1140. The summed E-state index contributed by atoms with van der Waals surface area (Å²) in [4.78, 5) is 16.7.